The zero-order valence-corrected chi connectivity index (χ0v) is 20.9. The highest BCUT2D eigenvalue weighted by molar-refractivity contribution is 6.03. The van der Waals surface area contributed by atoms with Crippen LogP contribution in [0.1, 0.15) is 41.4 Å². The molecule has 0 radical (unpaired) electrons. The van der Waals surface area contributed by atoms with Crippen molar-refractivity contribution in [2.45, 2.75) is 0 Å². The summed E-state index contributed by atoms with van der Waals surface area (Å²) in [6.07, 6.45) is 0. The average molecular weight is 519 g/mol. The topological polar surface area (TPSA) is 188 Å². The van der Waals surface area contributed by atoms with E-state index in [1.165, 1.54) is 46.6 Å². The lowest BCUT2D eigenvalue weighted by atomic mass is 10.1. The monoisotopic (exact) mass is 518 g/mol. The molecule has 0 aliphatic heterocycles. The number of aromatic carboxylic acids is 1. The molecule has 0 bridgehead atoms. The fourth-order valence-corrected chi connectivity index (χ4v) is 3.32. The van der Waals surface area contributed by atoms with Gasteiger partial charge in [-0.25, -0.2) is 4.79 Å². The standard InChI is InChI=1S/C24H30N4O9/c1-34-17-11-18(35-2)14(9-13(17)21(29)26-6-5-25)22(30)27-7-8-28-23(31)15-10-16(24(32)33)20(37-4)12-19(15)36-3/h9-12H,5-8,25H2,1-4H3,(H,26,29)(H,27,30)(H,28,31)(H,32,33). The van der Waals surface area contributed by atoms with Gasteiger partial charge in [-0.05, 0) is 12.1 Å². The van der Waals surface area contributed by atoms with Crippen LogP contribution in [0.25, 0.3) is 0 Å². The molecule has 0 saturated carbocycles. The molecule has 13 nitrogen and oxygen atoms in total. The molecule has 2 aromatic carbocycles. The molecule has 37 heavy (non-hydrogen) atoms. The predicted octanol–water partition coefficient (Wildman–Crippen LogP) is 0.268. The van der Waals surface area contributed by atoms with Crippen molar-refractivity contribution < 1.29 is 43.2 Å². The summed E-state index contributed by atoms with van der Waals surface area (Å²) >= 11 is 0. The third-order valence-corrected chi connectivity index (χ3v) is 5.13. The molecule has 2 aromatic rings. The first-order valence-corrected chi connectivity index (χ1v) is 11.0. The Hall–Kier alpha value is -4.52. The van der Waals surface area contributed by atoms with E-state index in [1.807, 2.05) is 0 Å². The highest BCUT2D eigenvalue weighted by Gasteiger charge is 2.22. The number of hydrogen-bond acceptors (Lipinski definition) is 9. The molecule has 0 atom stereocenters. The maximum atomic E-state index is 12.8. The van der Waals surface area contributed by atoms with Gasteiger partial charge in [0.1, 0.15) is 28.6 Å². The molecule has 0 aliphatic carbocycles. The van der Waals surface area contributed by atoms with Crippen LogP contribution in [-0.4, -0.2) is 83.4 Å². The number of rotatable bonds is 13. The van der Waals surface area contributed by atoms with Gasteiger partial charge in [0.05, 0.1) is 45.1 Å². The molecule has 0 fully saturated rings. The van der Waals surface area contributed by atoms with Crippen molar-refractivity contribution >= 4 is 23.7 Å². The zero-order valence-electron chi connectivity index (χ0n) is 20.9. The van der Waals surface area contributed by atoms with Crippen molar-refractivity contribution in [3.05, 3.63) is 46.5 Å². The highest BCUT2D eigenvalue weighted by atomic mass is 16.5. The van der Waals surface area contributed by atoms with E-state index < -0.39 is 23.7 Å². The van der Waals surface area contributed by atoms with Crippen LogP contribution < -0.4 is 40.6 Å². The zero-order chi connectivity index (χ0) is 27.5. The quantitative estimate of drug-likeness (QED) is 0.230. The smallest absolute Gasteiger partial charge is 0.339 e. The maximum absolute atomic E-state index is 12.8. The van der Waals surface area contributed by atoms with Gasteiger partial charge in [0.2, 0.25) is 0 Å². The third-order valence-electron chi connectivity index (χ3n) is 5.13. The molecule has 0 aliphatic rings. The molecule has 3 amide bonds. The number of nitrogens with two attached hydrogens (primary N) is 1. The Labute approximate surface area is 213 Å². The van der Waals surface area contributed by atoms with E-state index in [0.717, 1.165) is 6.07 Å². The van der Waals surface area contributed by atoms with Gasteiger partial charge in [0.25, 0.3) is 17.7 Å². The predicted molar refractivity (Wildman–Crippen MR) is 132 cm³/mol. The summed E-state index contributed by atoms with van der Waals surface area (Å²) in [5, 5.41) is 17.2. The van der Waals surface area contributed by atoms with Crippen LogP contribution in [0, 0.1) is 0 Å². The molecular weight excluding hydrogens is 488 g/mol. The first kappa shape index (κ1) is 28.7. The van der Waals surface area contributed by atoms with E-state index in [0.29, 0.717) is 0 Å². The minimum Gasteiger partial charge on any atom is -0.496 e. The largest absolute Gasteiger partial charge is 0.496 e. The van der Waals surface area contributed by atoms with Crippen LogP contribution in [0.15, 0.2) is 24.3 Å². The summed E-state index contributed by atoms with van der Waals surface area (Å²) in [5.41, 5.74) is 5.40. The van der Waals surface area contributed by atoms with Crippen molar-refractivity contribution in [3.8, 4) is 23.0 Å². The molecule has 0 unspecified atom stereocenters. The van der Waals surface area contributed by atoms with Crippen LogP contribution in [-0.2, 0) is 0 Å². The van der Waals surface area contributed by atoms with Gasteiger partial charge < -0.3 is 45.7 Å². The minimum absolute atomic E-state index is 0.00444. The fraction of sp³-hybridized carbons (Fsp3) is 0.333. The minimum atomic E-state index is -1.27. The van der Waals surface area contributed by atoms with Gasteiger partial charge in [-0.3, -0.25) is 14.4 Å². The van der Waals surface area contributed by atoms with Crippen molar-refractivity contribution in [1.29, 1.82) is 0 Å². The van der Waals surface area contributed by atoms with Gasteiger partial charge in [-0.1, -0.05) is 0 Å². The van der Waals surface area contributed by atoms with Gasteiger partial charge in [0, 0.05) is 38.3 Å². The lowest BCUT2D eigenvalue weighted by Gasteiger charge is -2.15. The van der Waals surface area contributed by atoms with Gasteiger partial charge >= 0.3 is 5.97 Å². The van der Waals surface area contributed by atoms with Crippen LogP contribution >= 0.6 is 0 Å². The Bertz CT molecular complexity index is 1170. The lowest BCUT2D eigenvalue weighted by Crippen LogP contribution is -2.35. The summed E-state index contributed by atoms with van der Waals surface area (Å²) in [5.74, 6) is -2.37. The van der Waals surface area contributed by atoms with Crippen molar-refractivity contribution in [2.75, 3.05) is 54.6 Å². The molecule has 0 heterocycles. The molecule has 0 saturated heterocycles. The number of benzene rings is 2. The number of carboxylic acid groups (broad SMARTS) is 1. The Morgan fingerprint density at radius 3 is 1.27 bits per heavy atom. The second-order valence-corrected chi connectivity index (χ2v) is 7.37. The van der Waals surface area contributed by atoms with E-state index in [1.54, 1.807) is 0 Å². The van der Waals surface area contributed by atoms with Crippen molar-refractivity contribution in [1.82, 2.24) is 16.0 Å². The second kappa shape index (κ2) is 13.5. The maximum Gasteiger partial charge on any atom is 0.339 e. The molecule has 0 spiro atoms. The molecule has 6 N–H and O–H groups in total. The summed E-state index contributed by atoms with van der Waals surface area (Å²) in [4.78, 5) is 49.4. The number of methoxy groups -OCH3 is 4. The summed E-state index contributed by atoms with van der Waals surface area (Å²) < 4.78 is 20.7. The Morgan fingerprint density at radius 2 is 0.946 bits per heavy atom. The Kier molecular flexibility index (Phi) is 10.5. The van der Waals surface area contributed by atoms with E-state index in [2.05, 4.69) is 16.0 Å². The molecule has 0 aromatic heterocycles. The van der Waals surface area contributed by atoms with E-state index >= 15 is 0 Å². The highest BCUT2D eigenvalue weighted by Crippen LogP contribution is 2.30. The van der Waals surface area contributed by atoms with Gasteiger partial charge in [-0.2, -0.15) is 0 Å². The number of ether oxygens (including phenoxy) is 4. The lowest BCUT2D eigenvalue weighted by molar-refractivity contribution is 0.0692. The van der Waals surface area contributed by atoms with Crippen molar-refractivity contribution in [2.24, 2.45) is 5.73 Å². The summed E-state index contributed by atoms with van der Waals surface area (Å²) in [6.45, 7) is 0.495. The summed E-state index contributed by atoms with van der Waals surface area (Å²) in [7, 11) is 5.39. The van der Waals surface area contributed by atoms with Crippen LogP contribution in [0.4, 0.5) is 0 Å². The van der Waals surface area contributed by atoms with Crippen LogP contribution in [0.3, 0.4) is 0 Å². The first-order chi connectivity index (χ1) is 17.7. The number of carbonyl (C=O) groups excluding carboxylic acids is 3. The number of carboxylic acids is 1. The second-order valence-electron chi connectivity index (χ2n) is 7.37. The van der Waals surface area contributed by atoms with Crippen LogP contribution in [0.2, 0.25) is 0 Å². The molecule has 2 rings (SSSR count). The average Bonchev–Trinajstić information content (AvgIpc) is 2.91. The number of carbonyl (C=O) groups is 4. The Morgan fingerprint density at radius 1 is 0.622 bits per heavy atom. The van der Waals surface area contributed by atoms with E-state index in [4.69, 9.17) is 24.7 Å². The van der Waals surface area contributed by atoms with Gasteiger partial charge in [-0.15, -0.1) is 0 Å². The normalized spacial score (nSPS) is 10.2. The number of nitrogens with one attached hydrogen (secondary N) is 3. The summed E-state index contributed by atoms with van der Waals surface area (Å²) in [6, 6.07) is 5.21. The molecular formula is C24H30N4O9. The molecule has 200 valence electrons. The van der Waals surface area contributed by atoms with Crippen LogP contribution in [0.5, 0.6) is 23.0 Å². The fourth-order valence-electron chi connectivity index (χ4n) is 3.32. The van der Waals surface area contributed by atoms with Crippen molar-refractivity contribution in [3.63, 3.8) is 0 Å². The van der Waals surface area contributed by atoms with Gasteiger partial charge in [0.15, 0.2) is 0 Å². The third kappa shape index (κ3) is 7.01. The molecule has 13 heteroatoms. The first-order valence-electron chi connectivity index (χ1n) is 11.0. The number of hydrogen-bond donors (Lipinski definition) is 5. The Balaban J connectivity index is 2.12. The number of amides is 3. The van der Waals surface area contributed by atoms with E-state index in [9.17, 15) is 24.3 Å². The van der Waals surface area contributed by atoms with E-state index in [-0.39, 0.29) is 71.4 Å². The SMILES string of the molecule is COc1cc(OC)c(C(=O)NCCNC(=O)c2cc(C(=O)NCCN)c(OC)cc2OC)cc1C(=O)O.